The number of piperazine rings is 1. The Morgan fingerprint density at radius 2 is 1.72 bits per heavy atom. The van der Waals surface area contributed by atoms with Gasteiger partial charge in [-0.1, -0.05) is 18.2 Å². The van der Waals surface area contributed by atoms with Crippen LogP contribution in [0.5, 0.6) is 0 Å². The second-order valence-corrected chi connectivity index (χ2v) is 7.28. The maximum Gasteiger partial charge on any atom is 0.274 e. The molecule has 29 heavy (non-hydrogen) atoms. The van der Waals surface area contributed by atoms with Crippen LogP contribution in [0.15, 0.2) is 42.7 Å². The van der Waals surface area contributed by atoms with Gasteiger partial charge in [0.1, 0.15) is 11.5 Å². The number of amides is 1. The van der Waals surface area contributed by atoms with Crippen molar-refractivity contribution in [1.29, 1.82) is 0 Å². The van der Waals surface area contributed by atoms with Crippen LogP contribution in [0.25, 0.3) is 0 Å². The molecule has 8 heteroatoms. The fourth-order valence-corrected chi connectivity index (χ4v) is 3.67. The minimum absolute atomic E-state index is 0.0509. The Kier molecular flexibility index (Phi) is 6.53. The van der Waals surface area contributed by atoms with Crippen LogP contribution in [-0.2, 0) is 4.74 Å². The molecule has 0 bridgehead atoms. The summed E-state index contributed by atoms with van der Waals surface area (Å²) in [6.07, 6.45) is 3.22. The zero-order valence-electron chi connectivity index (χ0n) is 16.7. The number of carbonyl (C=O) groups excluding carboxylic acids is 1. The number of nitrogens with zero attached hydrogens (tertiary/aromatic N) is 5. The van der Waals surface area contributed by atoms with Crippen molar-refractivity contribution in [2.45, 2.75) is 0 Å². The van der Waals surface area contributed by atoms with Crippen molar-refractivity contribution in [2.75, 3.05) is 75.8 Å². The smallest absolute Gasteiger partial charge is 0.274 e. The number of benzene rings is 1. The highest BCUT2D eigenvalue weighted by Crippen LogP contribution is 2.16. The number of ether oxygens (including phenoxy) is 1. The number of hydrogen-bond acceptors (Lipinski definition) is 7. The standard InChI is InChI=1S/C21H28N6O2/c28-21(27-10-8-26(9-11-27)18-4-2-1-3-5-18)19-16-24-20(17-23-19)22-6-7-25-12-14-29-15-13-25/h1-5,16-17H,6-15H2,(H,22,24). The Morgan fingerprint density at radius 3 is 2.41 bits per heavy atom. The average Bonchev–Trinajstić information content (AvgIpc) is 2.80. The number of rotatable bonds is 6. The van der Waals surface area contributed by atoms with E-state index in [9.17, 15) is 4.79 Å². The van der Waals surface area contributed by atoms with E-state index in [2.05, 4.69) is 37.2 Å². The molecule has 2 aromatic rings. The molecule has 1 N–H and O–H groups in total. The van der Waals surface area contributed by atoms with Gasteiger partial charge in [-0.2, -0.15) is 0 Å². The summed E-state index contributed by atoms with van der Waals surface area (Å²) in [5.41, 5.74) is 1.60. The van der Waals surface area contributed by atoms with Crippen LogP contribution in [0.3, 0.4) is 0 Å². The van der Waals surface area contributed by atoms with Gasteiger partial charge >= 0.3 is 0 Å². The third-order valence-electron chi connectivity index (χ3n) is 5.40. The summed E-state index contributed by atoms with van der Waals surface area (Å²) in [5.74, 6) is 0.647. The zero-order chi connectivity index (χ0) is 19.9. The summed E-state index contributed by atoms with van der Waals surface area (Å²) >= 11 is 0. The Morgan fingerprint density at radius 1 is 0.966 bits per heavy atom. The van der Waals surface area contributed by atoms with Gasteiger partial charge in [0.2, 0.25) is 0 Å². The van der Waals surface area contributed by atoms with Gasteiger partial charge in [-0.3, -0.25) is 9.69 Å². The molecule has 2 aliphatic heterocycles. The van der Waals surface area contributed by atoms with Crippen molar-refractivity contribution in [3.8, 4) is 0 Å². The minimum Gasteiger partial charge on any atom is -0.379 e. The molecule has 1 amide bonds. The summed E-state index contributed by atoms with van der Waals surface area (Å²) in [4.78, 5) is 28.0. The van der Waals surface area contributed by atoms with E-state index in [0.29, 0.717) is 24.6 Å². The highest BCUT2D eigenvalue weighted by molar-refractivity contribution is 5.92. The highest BCUT2D eigenvalue weighted by Gasteiger charge is 2.23. The monoisotopic (exact) mass is 396 g/mol. The Hall–Kier alpha value is -2.71. The molecule has 3 heterocycles. The first kappa shape index (κ1) is 19.6. The van der Waals surface area contributed by atoms with Crippen molar-refractivity contribution in [3.63, 3.8) is 0 Å². The van der Waals surface area contributed by atoms with Crippen LogP contribution in [0.1, 0.15) is 10.5 Å². The molecule has 0 spiro atoms. The number of morpholine rings is 1. The van der Waals surface area contributed by atoms with Crippen LogP contribution in [-0.4, -0.2) is 91.2 Å². The second-order valence-electron chi connectivity index (χ2n) is 7.28. The molecular formula is C21H28N6O2. The summed E-state index contributed by atoms with van der Waals surface area (Å²) < 4.78 is 5.36. The van der Waals surface area contributed by atoms with Crippen LogP contribution >= 0.6 is 0 Å². The number of hydrogen-bond donors (Lipinski definition) is 1. The molecule has 0 atom stereocenters. The van der Waals surface area contributed by atoms with Gasteiger partial charge in [0.25, 0.3) is 5.91 Å². The third kappa shape index (κ3) is 5.21. The fourth-order valence-electron chi connectivity index (χ4n) is 3.67. The second kappa shape index (κ2) is 9.67. The lowest BCUT2D eigenvalue weighted by Crippen LogP contribution is -2.49. The summed E-state index contributed by atoms with van der Waals surface area (Å²) in [6, 6.07) is 10.3. The number of carbonyl (C=O) groups is 1. The maximum absolute atomic E-state index is 12.7. The van der Waals surface area contributed by atoms with Crippen molar-refractivity contribution >= 4 is 17.4 Å². The molecule has 1 aromatic carbocycles. The summed E-state index contributed by atoms with van der Waals surface area (Å²) in [7, 11) is 0. The molecular weight excluding hydrogens is 368 g/mol. The van der Waals surface area contributed by atoms with Crippen molar-refractivity contribution in [2.24, 2.45) is 0 Å². The SMILES string of the molecule is O=C(c1cnc(NCCN2CCOCC2)cn1)N1CCN(c2ccccc2)CC1. The summed E-state index contributed by atoms with van der Waals surface area (Å²) in [6.45, 7) is 8.31. The summed E-state index contributed by atoms with van der Waals surface area (Å²) in [5, 5.41) is 3.27. The van der Waals surface area contributed by atoms with Crippen molar-refractivity contribution in [3.05, 3.63) is 48.4 Å². The van der Waals surface area contributed by atoms with E-state index in [-0.39, 0.29) is 5.91 Å². The van der Waals surface area contributed by atoms with Crippen LogP contribution in [0, 0.1) is 0 Å². The molecule has 0 saturated carbocycles. The normalized spacial score (nSPS) is 17.9. The van der Waals surface area contributed by atoms with Gasteiger partial charge in [-0.05, 0) is 12.1 Å². The van der Waals surface area contributed by atoms with E-state index in [1.165, 1.54) is 5.69 Å². The lowest BCUT2D eigenvalue weighted by atomic mass is 10.2. The van der Waals surface area contributed by atoms with Crippen LogP contribution < -0.4 is 10.2 Å². The molecule has 2 aliphatic rings. The van der Waals surface area contributed by atoms with Crippen molar-refractivity contribution in [1.82, 2.24) is 19.8 Å². The number of aromatic nitrogens is 2. The third-order valence-corrected chi connectivity index (χ3v) is 5.40. The van der Waals surface area contributed by atoms with Gasteiger partial charge in [0.05, 0.1) is 25.6 Å². The molecule has 8 nitrogen and oxygen atoms in total. The number of anilines is 2. The largest absolute Gasteiger partial charge is 0.379 e. The first-order valence-electron chi connectivity index (χ1n) is 10.2. The Balaban J connectivity index is 1.24. The Labute approximate surface area is 171 Å². The van der Waals surface area contributed by atoms with Gasteiger partial charge < -0.3 is 19.9 Å². The molecule has 154 valence electrons. The molecule has 1 aromatic heterocycles. The average molecular weight is 396 g/mol. The first-order chi connectivity index (χ1) is 14.3. The maximum atomic E-state index is 12.7. The van der Waals surface area contributed by atoms with Crippen LogP contribution in [0.4, 0.5) is 11.5 Å². The Bertz CT molecular complexity index is 772. The van der Waals surface area contributed by atoms with Gasteiger partial charge in [0, 0.05) is 58.0 Å². The van der Waals surface area contributed by atoms with Gasteiger partial charge in [0.15, 0.2) is 0 Å². The van der Waals surface area contributed by atoms with Gasteiger partial charge in [-0.15, -0.1) is 0 Å². The molecule has 4 rings (SSSR count). The lowest BCUT2D eigenvalue weighted by molar-refractivity contribution is 0.0398. The quantitative estimate of drug-likeness (QED) is 0.786. The predicted molar refractivity (Wildman–Crippen MR) is 112 cm³/mol. The fraction of sp³-hybridized carbons (Fsp3) is 0.476. The van der Waals surface area contributed by atoms with Gasteiger partial charge in [-0.25, -0.2) is 9.97 Å². The topological polar surface area (TPSA) is 73.8 Å². The molecule has 2 saturated heterocycles. The molecule has 0 unspecified atom stereocenters. The highest BCUT2D eigenvalue weighted by atomic mass is 16.5. The lowest BCUT2D eigenvalue weighted by Gasteiger charge is -2.35. The van der Waals surface area contributed by atoms with Crippen molar-refractivity contribution < 1.29 is 9.53 Å². The zero-order valence-corrected chi connectivity index (χ0v) is 16.7. The van der Waals surface area contributed by atoms with E-state index in [0.717, 1.165) is 52.5 Å². The van der Waals surface area contributed by atoms with E-state index >= 15 is 0 Å². The molecule has 0 radical (unpaired) electrons. The predicted octanol–water partition coefficient (Wildman–Crippen LogP) is 1.18. The number of nitrogens with one attached hydrogen (secondary N) is 1. The number of para-hydroxylation sites is 1. The minimum atomic E-state index is -0.0509. The van der Waals surface area contributed by atoms with E-state index in [1.54, 1.807) is 12.4 Å². The first-order valence-corrected chi connectivity index (χ1v) is 10.2. The van der Waals surface area contributed by atoms with E-state index < -0.39 is 0 Å². The van der Waals surface area contributed by atoms with E-state index in [1.807, 2.05) is 23.1 Å². The molecule has 0 aliphatic carbocycles. The van der Waals surface area contributed by atoms with E-state index in [4.69, 9.17) is 4.74 Å². The van der Waals surface area contributed by atoms with Crippen LogP contribution in [0.2, 0.25) is 0 Å². The molecule has 2 fully saturated rings.